The number of carbonyl (C=O) groups is 1. The van der Waals surface area contributed by atoms with E-state index in [4.69, 9.17) is 14.2 Å². The van der Waals surface area contributed by atoms with Gasteiger partial charge in [0, 0.05) is 0 Å². The maximum atomic E-state index is 12.5. The Balaban J connectivity index is 1.88. The smallest absolute Gasteiger partial charge is 0.310 e. The number of hydrogen-bond donors (Lipinski definition) is 0. The number of esters is 1. The van der Waals surface area contributed by atoms with Gasteiger partial charge in [-0.25, -0.2) is 0 Å². The molecule has 0 unspecified atom stereocenters. The number of methoxy groups -OCH3 is 1. The van der Waals surface area contributed by atoms with Crippen molar-refractivity contribution in [2.45, 2.75) is 57.8 Å². The van der Waals surface area contributed by atoms with Crippen molar-refractivity contribution in [3.8, 4) is 22.6 Å². The number of rotatable bonds is 2. The lowest BCUT2D eigenvalue weighted by molar-refractivity contribution is -0.142. The zero-order chi connectivity index (χ0) is 20.3. The monoisotopic (exact) mass is 396 g/mol. The van der Waals surface area contributed by atoms with Crippen molar-refractivity contribution in [2.75, 3.05) is 20.3 Å². The van der Waals surface area contributed by atoms with Crippen molar-refractivity contribution in [1.29, 1.82) is 0 Å². The van der Waals surface area contributed by atoms with Crippen LogP contribution in [-0.2, 0) is 16.0 Å². The highest BCUT2D eigenvalue weighted by atomic mass is 16.5. The molecule has 0 aliphatic carbocycles. The molecule has 0 fully saturated rings. The number of hydrogen-bond acceptors (Lipinski definition) is 4. The van der Waals surface area contributed by atoms with Crippen molar-refractivity contribution in [1.82, 2.24) is 0 Å². The summed E-state index contributed by atoms with van der Waals surface area (Å²) in [7, 11) is 1.64. The van der Waals surface area contributed by atoms with E-state index in [2.05, 4.69) is 0 Å². The first-order chi connectivity index (χ1) is 14.3. The van der Waals surface area contributed by atoms with Gasteiger partial charge in [-0.1, -0.05) is 68.9 Å². The molecule has 4 rings (SSSR count). The van der Waals surface area contributed by atoms with Gasteiger partial charge in [-0.3, -0.25) is 4.79 Å². The predicted octanol–water partition coefficient (Wildman–Crippen LogP) is 5.96. The summed E-state index contributed by atoms with van der Waals surface area (Å²) in [6.07, 6.45) is 9.47. The minimum Gasteiger partial charge on any atom is -0.493 e. The molecular weight excluding hydrogens is 364 g/mol. The molecule has 0 saturated carbocycles. The van der Waals surface area contributed by atoms with Crippen LogP contribution in [0.5, 0.6) is 11.5 Å². The number of fused-ring (bicyclic) bond motifs is 15. The number of carbonyl (C=O) groups excluding carboxylic acids is 1. The van der Waals surface area contributed by atoms with Crippen LogP contribution in [0.15, 0.2) is 42.5 Å². The van der Waals surface area contributed by atoms with Gasteiger partial charge in [0.25, 0.3) is 0 Å². The molecule has 0 spiro atoms. The van der Waals surface area contributed by atoms with E-state index in [0.29, 0.717) is 19.0 Å². The highest BCUT2D eigenvalue weighted by Crippen LogP contribution is 2.36. The second-order valence-corrected chi connectivity index (χ2v) is 7.60. The minimum absolute atomic E-state index is 0.195. The van der Waals surface area contributed by atoms with Gasteiger partial charge in [0.15, 0.2) is 11.5 Å². The van der Waals surface area contributed by atoms with Crippen LogP contribution in [0.4, 0.5) is 0 Å². The first kappa shape index (κ1) is 21.2. The lowest BCUT2D eigenvalue weighted by Gasteiger charge is -2.17. The Morgan fingerprint density at radius 1 is 0.793 bits per heavy atom. The molecular formula is C25H32O4. The molecule has 2 aliphatic rings. The van der Waals surface area contributed by atoms with E-state index in [-0.39, 0.29) is 12.4 Å². The maximum Gasteiger partial charge on any atom is 0.310 e. The van der Waals surface area contributed by atoms with E-state index in [1.807, 2.05) is 42.5 Å². The van der Waals surface area contributed by atoms with Crippen molar-refractivity contribution < 1.29 is 19.0 Å². The summed E-state index contributed by atoms with van der Waals surface area (Å²) < 4.78 is 17.1. The van der Waals surface area contributed by atoms with Crippen molar-refractivity contribution in [3.63, 3.8) is 0 Å². The molecule has 0 N–H and O–H groups in total. The van der Waals surface area contributed by atoms with Gasteiger partial charge in [0.2, 0.25) is 0 Å². The summed E-state index contributed by atoms with van der Waals surface area (Å²) in [6.45, 7) is 1.17. The third-order valence-corrected chi connectivity index (χ3v) is 5.37. The van der Waals surface area contributed by atoms with Gasteiger partial charge < -0.3 is 14.2 Å². The van der Waals surface area contributed by atoms with E-state index in [0.717, 1.165) is 41.7 Å². The fourth-order valence-electron chi connectivity index (χ4n) is 3.75. The summed E-state index contributed by atoms with van der Waals surface area (Å²) in [5.41, 5.74) is 2.93. The Bertz CT molecular complexity index is 770. The Hall–Kier alpha value is -2.49. The molecule has 4 heteroatoms. The largest absolute Gasteiger partial charge is 0.493 e. The molecule has 2 aliphatic heterocycles. The fourth-order valence-corrected chi connectivity index (χ4v) is 3.75. The molecule has 0 aromatic heterocycles. The summed E-state index contributed by atoms with van der Waals surface area (Å²) in [5.74, 6) is 1.19. The fraction of sp³-hybridized carbons (Fsp3) is 0.480. The van der Waals surface area contributed by atoms with Crippen LogP contribution in [0.1, 0.15) is 56.9 Å². The average molecular weight is 397 g/mol. The topological polar surface area (TPSA) is 44.8 Å². The van der Waals surface area contributed by atoms with E-state index in [9.17, 15) is 4.79 Å². The normalized spacial score (nSPS) is 16.9. The standard InChI is InChI=1S/C25H32O4/c1-27-23-17-21-18-25(26)29-16-12-7-5-3-2-4-6-11-15-28-24(23)19-22(21)20-13-9-8-10-14-20/h8-10,13-14,17,19H,2-7,11-12,15-16,18H2,1H3. The van der Waals surface area contributed by atoms with E-state index >= 15 is 0 Å². The van der Waals surface area contributed by atoms with E-state index in [1.54, 1.807) is 7.11 Å². The van der Waals surface area contributed by atoms with Crippen LogP contribution >= 0.6 is 0 Å². The van der Waals surface area contributed by atoms with Crippen molar-refractivity contribution in [3.05, 3.63) is 48.0 Å². The third kappa shape index (κ3) is 6.52. The van der Waals surface area contributed by atoms with E-state index < -0.39 is 0 Å². The highest BCUT2D eigenvalue weighted by Gasteiger charge is 2.16. The summed E-state index contributed by atoms with van der Waals surface area (Å²) in [6, 6.07) is 14.0. The molecule has 2 heterocycles. The van der Waals surface area contributed by atoms with Gasteiger partial charge in [-0.2, -0.15) is 0 Å². The molecule has 2 aromatic carbocycles. The zero-order valence-corrected chi connectivity index (χ0v) is 17.5. The molecule has 0 saturated heterocycles. The lowest BCUT2D eigenvalue weighted by atomic mass is 9.96. The number of ether oxygens (including phenoxy) is 3. The molecule has 0 atom stereocenters. The Kier molecular flexibility index (Phi) is 8.41. The Morgan fingerprint density at radius 3 is 2.07 bits per heavy atom. The zero-order valence-electron chi connectivity index (χ0n) is 17.5. The van der Waals surface area contributed by atoms with Gasteiger partial charge in [-0.05, 0) is 41.7 Å². The summed E-state index contributed by atoms with van der Waals surface area (Å²) in [5, 5.41) is 0. The molecule has 29 heavy (non-hydrogen) atoms. The molecule has 4 nitrogen and oxygen atoms in total. The second-order valence-electron chi connectivity index (χ2n) is 7.60. The first-order valence-electron chi connectivity index (χ1n) is 10.8. The van der Waals surface area contributed by atoms with Crippen LogP contribution in [0, 0.1) is 0 Å². The Morgan fingerprint density at radius 2 is 1.41 bits per heavy atom. The lowest BCUT2D eigenvalue weighted by Crippen LogP contribution is -2.10. The molecule has 2 bridgehead atoms. The van der Waals surface area contributed by atoms with Crippen LogP contribution in [0.3, 0.4) is 0 Å². The SMILES string of the molecule is COc1cc2c(-c3ccccc3)cc1OCCCCCCCCCCOC(=O)C2. The first-order valence-corrected chi connectivity index (χ1v) is 10.8. The predicted molar refractivity (Wildman–Crippen MR) is 116 cm³/mol. The molecule has 2 aromatic rings. The molecule has 0 radical (unpaired) electrons. The highest BCUT2D eigenvalue weighted by molar-refractivity contribution is 5.79. The quantitative estimate of drug-likeness (QED) is 0.588. The van der Waals surface area contributed by atoms with E-state index in [1.165, 1.54) is 32.1 Å². The van der Waals surface area contributed by atoms with Gasteiger partial charge >= 0.3 is 5.97 Å². The van der Waals surface area contributed by atoms with Crippen LogP contribution in [0.2, 0.25) is 0 Å². The Labute approximate surface area is 174 Å². The average Bonchev–Trinajstić information content (AvgIpc) is 2.75. The van der Waals surface area contributed by atoms with Gasteiger partial charge in [0.1, 0.15) is 0 Å². The molecule has 156 valence electrons. The van der Waals surface area contributed by atoms with Crippen LogP contribution < -0.4 is 9.47 Å². The van der Waals surface area contributed by atoms with Crippen LogP contribution in [0.25, 0.3) is 11.1 Å². The third-order valence-electron chi connectivity index (χ3n) is 5.37. The molecule has 0 amide bonds. The van der Waals surface area contributed by atoms with Gasteiger partial charge in [-0.15, -0.1) is 0 Å². The van der Waals surface area contributed by atoms with Crippen LogP contribution in [-0.4, -0.2) is 26.3 Å². The number of benzene rings is 2. The van der Waals surface area contributed by atoms with Crippen molar-refractivity contribution >= 4 is 5.97 Å². The van der Waals surface area contributed by atoms with Crippen molar-refractivity contribution in [2.24, 2.45) is 0 Å². The maximum absolute atomic E-state index is 12.5. The summed E-state index contributed by atoms with van der Waals surface area (Å²) >= 11 is 0. The minimum atomic E-state index is -0.195. The summed E-state index contributed by atoms with van der Waals surface area (Å²) in [4.78, 5) is 12.5. The van der Waals surface area contributed by atoms with Gasteiger partial charge in [0.05, 0.1) is 26.7 Å². The second kappa shape index (κ2) is 11.5.